The lowest BCUT2D eigenvalue weighted by molar-refractivity contribution is -0.384. The molecule has 0 saturated carbocycles. The van der Waals surface area contributed by atoms with Gasteiger partial charge in [-0.25, -0.2) is 5.43 Å². The van der Waals surface area contributed by atoms with Crippen LogP contribution in [-0.2, 0) is 16.2 Å². The number of ether oxygens (including phenoxy) is 1. The second-order valence-corrected chi connectivity index (χ2v) is 7.99. The summed E-state index contributed by atoms with van der Waals surface area (Å²) in [6.07, 6.45) is 1.47. The number of hydrazone groups is 1. The molecule has 9 nitrogen and oxygen atoms in total. The van der Waals surface area contributed by atoms with Crippen LogP contribution in [0, 0.1) is 17.0 Å². The van der Waals surface area contributed by atoms with Gasteiger partial charge in [0.05, 0.1) is 11.1 Å². The van der Waals surface area contributed by atoms with Crippen molar-refractivity contribution in [3.05, 3.63) is 98.6 Å². The second-order valence-electron chi connectivity index (χ2n) is 7.59. The number of carbonyl (C=O) groups excluding carboxylic acids is 2. The van der Waals surface area contributed by atoms with Gasteiger partial charge >= 0.3 is 0 Å². The molecule has 0 saturated heterocycles. The lowest BCUT2D eigenvalue weighted by Crippen LogP contribution is -2.20. The molecule has 0 aromatic heterocycles. The highest BCUT2D eigenvalue weighted by molar-refractivity contribution is 6.31. The molecule has 0 heterocycles. The SMILES string of the molecule is Cc1ccc(NC(=O)CCC(=O)NN=Cc2ccc(OCc3ccc([N+](=O)[O-])cc3)cc2)cc1Cl. The first-order chi connectivity index (χ1) is 16.8. The third kappa shape index (κ3) is 8.24. The number of hydrogen-bond donors (Lipinski definition) is 2. The van der Waals surface area contributed by atoms with Gasteiger partial charge in [0.2, 0.25) is 11.8 Å². The molecule has 0 unspecified atom stereocenters. The van der Waals surface area contributed by atoms with E-state index in [4.69, 9.17) is 16.3 Å². The standard InChI is InChI=1S/C25H23ClN4O5/c1-17-2-7-20(14-23(17)26)28-24(31)12-13-25(32)29-27-15-18-5-10-22(11-6-18)35-16-19-3-8-21(9-4-19)30(33)34/h2-11,14-15H,12-13,16H2,1H3,(H,28,31)(H,29,32). The van der Waals surface area contributed by atoms with Crippen LogP contribution in [0.5, 0.6) is 5.75 Å². The Labute approximate surface area is 206 Å². The van der Waals surface area contributed by atoms with Gasteiger partial charge in [0, 0.05) is 35.7 Å². The molecule has 180 valence electrons. The first-order valence-corrected chi connectivity index (χ1v) is 11.0. The maximum absolute atomic E-state index is 12.0. The van der Waals surface area contributed by atoms with Crippen molar-refractivity contribution < 1.29 is 19.2 Å². The van der Waals surface area contributed by atoms with E-state index < -0.39 is 4.92 Å². The van der Waals surface area contributed by atoms with Gasteiger partial charge in [0.25, 0.3) is 5.69 Å². The van der Waals surface area contributed by atoms with E-state index in [0.717, 1.165) is 16.7 Å². The normalized spacial score (nSPS) is 10.7. The highest BCUT2D eigenvalue weighted by Crippen LogP contribution is 2.20. The van der Waals surface area contributed by atoms with Crippen molar-refractivity contribution in [3.63, 3.8) is 0 Å². The van der Waals surface area contributed by atoms with Gasteiger partial charge in [-0.15, -0.1) is 0 Å². The van der Waals surface area contributed by atoms with Crippen molar-refractivity contribution in [2.24, 2.45) is 5.10 Å². The van der Waals surface area contributed by atoms with Gasteiger partial charge in [-0.2, -0.15) is 5.10 Å². The summed E-state index contributed by atoms with van der Waals surface area (Å²) in [5.41, 5.74) is 5.44. The molecular formula is C25H23ClN4O5. The monoisotopic (exact) mass is 494 g/mol. The van der Waals surface area contributed by atoms with Crippen molar-refractivity contribution in [1.29, 1.82) is 0 Å². The van der Waals surface area contributed by atoms with E-state index in [9.17, 15) is 19.7 Å². The fourth-order valence-corrected chi connectivity index (χ4v) is 3.07. The lowest BCUT2D eigenvalue weighted by Gasteiger charge is -2.07. The van der Waals surface area contributed by atoms with Crippen LogP contribution in [0.15, 0.2) is 71.8 Å². The summed E-state index contributed by atoms with van der Waals surface area (Å²) >= 11 is 6.04. The smallest absolute Gasteiger partial charge is 0.269 e. The molecule has 10 heteroatoms. The second kappa shape index (κ2) is 12.3. The highest BCUT2D eigenvalue weighted by Gasteiger charge is 2.08. The van der Waals surface area contributed by atoms with Crippen LogP contribution in [0.1, 0.15) is 29.5 Å². The first-order valence-electron chi connectivity index (χ1n) is 10.6. The molecule has 0 radical (unpaired) electrons. The fraction of sp³-hybridized carbons (Fsp3) is 0.160. The molecule has 3 aromatic carbocycles. The molecule has 0 atom stereocenters. The largest absolute Gasteiger partial charge is 0.489 e. The Balaban J connectivity index is 1.38. The van der Waals surface area contributed by atoms with Crippen LogP contribution < -0.4 is 15.5 Å². The first kappa shape index (κ1) is 25.4. The molecular weight excluding hydrogens is 472 g/mol. The van der Waals surface area contributed by atoms with Crippen molar-refractivity contribution in [2.45, 2.75) is 26.4 Å². The number of anilines is 1. The molecule has 2 N–H and O–H groups in total. The number of aryl methyl sites for hydroxylation is 1. The number of amides is 2. The number of benzene rings is 3. The fourth-order valence-electron chi connectivity index (χ4n) is 2.89. The Morgan fingerprint density at radius 2 is 1.71 bits per heavy atom. The Kier molecular flexibility index (Phi) is 8.91. The van der Waals surface area contributed by atoms with E-state index in [-0.39, 0.29) is 37.0 Å². The van der Waals surface area contributed by atoms with Crippen molar-refractivity contribution in [2.75, 3.05) is 5.32 Å². The summed E-state index contributed by atoms with van der Waals surface area (Å²) in [4.78, 5) is 34.2. The molecule has 3 aromatic rings. The Bertz CT molecular complexity index is 1230. The third-order valence-corrected chi connectivity index (χ3v) is 5.28. The van der Waals surface area contributed by atoms with Crippen molar-refractivity contribution >= 4 is 41.0 Å². The van der Waals surface area contributed by atoms with Gasteiger partial charge in [-0.3, -0.25) is 19.7 Å². The summed E-state index contributed by atoms with van der Waals surface area (Å²) in [7, 11) is 0. The summed E-state index contributed by atoms with van der Waals surface area (Å²) in [6.45, 7) is 2.14. The molecule has 0 bridgehead atoms. The van der Waals surface area contributed by atoms with Crippen LogP contribution >= 0.6 is 11.6 Å². The Morgan fingerprint density at radius 3 is 2.37 bits per heavy atom. The zero-order valence-electron chi connectivity index (χ0n) is 18.9. The number of nitro benzene ring substituents is 1. The zero-order valence-corrected chi connectivity index (χ0v) is 19.6. The van der Waals surface area contributed by atoms with Gasteiger partial charge in [-0.05, 0) is 72.1 Å². The number of hydrogen-bond acceptors (Lipinski definition) is 6. The summed E-state index contributed by atoms with van der Waals surface area (Å²) in [6, 6.07) is 18.4. The summed E-state index contributed by atoms with van der Waals surface area (Å²) < 4.78 is 5.67. The molecule has 0 fully saturated rings. The number of nitro groups is 1. The van der Waals surface area contributed by atoms with Crippen LogP contribution in [-0.4, -0.2) is 23.0 Å². The van der Waals surface area contributed by atoms with Crippen LogP contribution in [0.3, 0.4) is 0 Å². The molecule has 0 aliphatic carbocycles. The summed E-state index contributed by atoms with van der Waals surface area (Å²) in [5, 5.41) is 17.9. The lowest BCUT2D eigenvalue weighted by atomic mass is 10.2. The minimum atomic E-state index is -0.451. The van der Waals surface area contributed by atoms with Crippen molar-refractivity contribution in [3.8, 4) is 5.75 Å². The Morgan fingerprint density at radius 1 is 1.03 bits per heavy atom. The minimum absolute atomic E-state index is 0.00758. The van der Waals surface area contributed by atoms with E-state index in [1.54, 1.807) is 54.6 Å². The average molecular weight is 495 g/mol. The molecule has 2 amide bonds. The van der Waals surface area contributed by atoms with Crippen molar-refractivity contribution in [1.82, 2.24) is 5.43 Å². The van der Waals surface area contributed by atoms with Gasteiger partial charge in [0.1, 0.15) is 12.4 Å². The minimum Gasteiger partial charge on any atom is -0.489 e. The van der Waals surface area contributed by atoms with Crippen LogP contribution in [0.2, 0.25) is 5.02 Å². The zero-order chi connectivity index (χ0) is 25.2. The highest BCUT2D eigenvalue weighted by atomic mass is 35.5. The van der Waals surface area contributed by atoms with E-state index in [0.29, 0.717) is 16.5 Å². The number of non-ortho nitro benzene ring substituents is 1. The number of halogens is 1. The predicted octanol–water partition coefficient (Wildman–Crippen LogP) is 5.00. The van der Waals surface area contributed by atoms with E-state index in [1.807, 2.05) is 6.92 Å². The third-order valence-electron chi connectivity index (χ3n) is 4.87. The number of carbonyl (C=O) groups is 2. The molecule has 3 rings (SSSR count). The van der Waals surface area contributed by atoms with Crippen LogP contribution in [0.4, 0.5) is 11.4 Å². The number of rotatable bonds is 10. The topological polar surface area (TPSA) is 123 Å². The Hall–Kier alpha value is -4.24. The van der Waals surface area contributed by atoms with E-state index in [2.05, 4.69) is 15.8 Å². The van der Waals surface area contributed by atoms with Gasteiger partial charge in [-0.1, -0.05) is 17.7 Å². The summed E-state index contributed by atoms with van der Waals surface area (Å²) in [5.74, 6) is -0.0693. The average Bonchev–Trinajstić information content (AvgIpc) is 2.85. The number of nitrogens with zero attached hydrogens (tertiary/aromatic N) is 2. The molecule has 0 spiro atoms. The van der Waals surface area contributed by atoms with Gasteiger partial charge < -0.3 is 10.1 Å². The predicted molar refractivity (Wildman–Crippen MR) is 134 cm³/mol. The van der Waals surface area contributed by atoms with Gasteiger partial charge in [0.15, 0.2) is 0 Å². The number of nitrogens with one attached hydrogen (secondary N) is 2. The quantitative estimate of drug-likeness (QED) is 0.233. The molecule has 0 aliphatic rings. The van der Waals surface area contributed by atoms with E-state index >= 15 is 0 Å². The molecule has 0 aliphatic heterocycles. The maximum Gasteiger partial charge on any atom is 0.269 e. The molecule has 35 heavy (non-hydrogen) atoms. The van der Waals surface area contributed by atoms with Crippen LogP contribution in [0.25, 0.3) is 0 Å². The van der Waals surface area contributed by atoms with E-state index in [1.165, 1.54) is 18.3 Å². The maximum atomic E-state index is 12.0.